The van der Waals surface area contributed by atoms with Crippen molar-refractivity contribution in [2.75, 3.05) is 23.4 Å². The molecule has 1 aliphatic rings. The molecule has 0 saturated carbocycles. The van der Waals surface area contributed by atoms with Crippen molar-refractivity contribution < 1.29 is 19.1 Å². The molecule has 1 saturated heterocycles. The average molecular weight is 472 g/mol. The first-order valence-electron chi connectivity index (χ1n) is 11.7. The van der Waals surface area contributed by atoms with E-state index in [2.05, 4.69) is 10.6 Å². The monoisotopic (exact) mass is 471 g/mol. The van der Waals surface area contributed by atoms with Gasteiger partial charge in [0.05, 0.1) is 23.8 Å². The number of carbonyl (C=O) groups is 3. The highest BCUT2D eigenvalue weighted by Gasteiger charge is 2.35. The smallest absolute Gasteiger partial charge is 0.253 e. The summed E-state index contributed by atoms with van der Waals surface area (Å²) in [5, 5.41) is 5.79. The second-order valence-corrected chi connectivity index (χ2v) is 8.48. The topological polar surface area (TPSA) is 87.7 Å². The molecule has 1 fully saturated rings. The molecule has 7 heteroatoms. The van der Waals surface area contributed by atoms with E-state index in [9.17, 15) is 14.4 Å². The third-order valence-electron chi connectivity index (χ3n) is 6.09. The van der Waals surface area contributed by atoms with Crippen molar-refractivity contribution in [3.8, 4) is 5.75 Å². The summed E-state index contributed by atoms with van der Waals surface area (Å²) in [7, 11) is 0. The summed E-state index contributed by atoms with van der Waals surface area (Å²) in [5.41, 5.74) is 3.65. The van der Waals surface area contributed by atoms with Crippen LogP contribution < -0.4 is 20.3 Å². The third-order valence-corrected chi connectivity index (χ3v) is 6.09. The number of carbonyl (C=O) groups excluding carboxylic acids is 3. The van der Waals surface area contributed by atoms with Gasteiger partial charge in [0.15, 0.2) is 0 Å². The molecule has 0 aromatic heterocycles. The number of nitrogens with one attached hydrogen (secondary N) is 2. The Morgan fingerprint density at radius 1 is 1.00 bits per heavy atom. The van der Waals surface area contributed by atoms with Crippen LogP contribution in [0.2, 0.25) is 0 Å². The Morgan fingerprint density at radius 2 is 1.71 bits per heavy atom. The number of benzene rings is 3. The standard InChI is InChI=1S/C28H29N3O4/c1-3-35-23-14-12-22(13-15-23)31-18-21(16-26(31)32)27(33)30-25-11-7-6-10-24(25)28(34)29-17-20-9-5-4-8-19(20)2/h4-15,21H,3,16-18H2,1-2H3,(H,29,34)(H,30,33)/t21-/m1/s1. The molecule has 1 heterocycles. The largest absolute Gasteiger partial charge is 0.494 e. The van der Waals surface area contributed by atoms with E-state index in [4.69, 9.17) is 4.74 Å². The fourth-order valence-corrected chi connectivity index (χ4v) is 4.13. The molecule has 0 aliphatic carbocycles. The zero-order valence-corrected chi connectivity index (χ0v) is 19.9. The van der Waals surface area contributed by atoms with Crippen LogP contribution in [0.25, 0.3) is 0 Å². The van der Waals surface area contributed by atoms with Crippen LogP contribution in [0.5, 0.6) is 5.75 Å². The molecule has 3 amide bonds. The van der Waals surface area contributed by atoms with Crippen molar-refractivity contribution in [1.82, 2.24) is 5.32 Å². The number of aryl methyl sites for hydroxylation is 1. The number of para-hydroxylation sites is 1. The molecule has 180 valence electrons. The van der Waals surface area contributed by atoms with Crippen LogP contribution >= 0.6 is 0 Å². The second kappa shape index (κ2) is 10.9. The Hall–Kier alpha value is -4.13. The van der Waals surface area contributed by atoms with E-state index in [-0.39, 0.29) is 30.7 Å². The molecule has 35 heavy (non-hydrogen) atoms. The van der Waals surface area contributed by atoms with E-state index < -0.39 is 5.92 Å². The molecular formula is C28H29N3O4. The van der Waals surface area contributed by atoms with Crippen LogP contribution in [0.1, 0.15) is 34.8 Å². The van der Waals surface area contributed by atoms with Crippen LogP contribution in [-0.2, 0) is 16.1 Å². The van der Waals surface area contributed by atoms with Gasteiger partial charge in [0.1, 0.15) is 5.75 Å². The maximum atomic E-state index is 13.0. The van der Waals surface area contributed by atoms with Gasteiger partial charge in [0, 0.05) is 25.2 Å². The molecule has 2 N–H and O–H groups in total. The van der Waals surface area contributed by atoms with Crippen LogP contribution in [0.4, 0.5) is 11.4 Å². The van der Waals surface area contributed by atoms with Gasteiger partial charge in [-0.3, -0.25) is 14.4 Å². The fourth-order valence-electron chi connectivity index (χ4n) is 4.13. The first-order valence-corrected chi connectivity index (χ1v) is 11.7. The zero-order valence-electron chi connectivity index (χ0n) is 19.9. The van der Waals surface area contributed by atoms with Crippen molar-refractivity contribution in [3.63, 3.8) is 0 Å². The van der Waals surface area contributed by atoms with Crippen molar-refractivity contribution in [2.24, 2.45) is 5.92 Å². The molecule has 0 spiro atoms. The minimum atomic E-state index is -0.517. The number of anilines is 2. The molecule has 1 aliphatic heterocycles. The Kier molecular flexibility index (Phi) is 7.45. The highest BCUT2D eigenvalue weighted by Crippen LogP contribution is 2.28. The number of nitrogens with zero attached hydrogens (tertiary/aromatic N) is 1. The lowest BCUT2D eigenvalue weighted by atomic mass is 10.1. The molecular weight excluding hydrogens is 442 g/mol. The lowest BCUT2D eigenvalue weighted by Crippen LogP contribution is -2.29. The van der Waals surface area contributed by atoms with E-state index in [1.807, 2.05) is 62.4 Å². The molecule has 4 rings (SSSR count). The average Bonchev–Trinajstić information content (AvgIpc) is 3.26. The fraction of sp³-hybridized carbons (Fsp3) is 0.250. The summed E-state index contributed by atoms with van der Waals surface area (Å²) < 4.78 is 5.45. The molecule has 7 nitrogen and oxygen atoms in total. The lowest BCUT2D eigenvalue weighted by Gasteiger charge is -2.18. The van der Waals surface area contributed by atoms with Crippen LogP contribution in [0.3, 0.4) is 0 Å². The SMILES string of the molecule is CCOc1ccc(N2C[C@H](C(=O)Nc3ccccc3C(=O)NCc3ccccc3C)CC2=O)cc1. The van der Waals surface area contributed by atoms with Gasteiger partial charge < -0.3 is 20.3 Å². The van der Waals surface area contributed by atoms with E-state index in [0.717, 1.165) is 22.6 Å². The van der Waals surface area contributed by atoms with Crippen molar-refractivity contribution in [1.29, 1.82) is 0 Å². The minimum absolute atomic E-state index is 0.112. The summed E-state index contributed by atoms with van der Waals surface area (Å²) in [6.07, 6.45) is 0.112. The van der Waals surface area contributed by atoms with Gasteiger partial charge >= 0.3 is 0 Å². The third kappa shape index (κ3) is 5.69. The molecule has 0 unspecified atom stereocenters. The number of amides is 3. The molecule has 0 bridgehead atoms. The maximum Gasteiger partial charge on any atom is 0.253 e. The van der Waals surface area contributed by atoms with Gasteiger partial charge in [-0.05, 0) is 61.4 Å². The quantitative estimate of drug-likeness (QED) is 0.512. The van der Waals surface area contributed by atoms with E-state index >= 15 is 0 Å². The van der Waals surface area contributed by atoms with Gasteiger partial charge in [-0.1, -0.05) is 36.4 Å². The van der Waals surface area contributed by atoms with E-state index in [0.29, 0.717) is 24.4 Å². The number of hydrogen-bond donors (Lipinski definition) is 2. The van der Waals surface area contributed by atoms with E-state index in [1.165, 1.54) is 0 Å². The second-order valence-electron chi connectivity index (χ2n) is 8.48. The zero-order chi connectivity index (χ0) is 24.8. The van der Waals surface area contributed by atoms with Crippen LogP contribution in [0.15, 0.2) is 72.8 Å². The Bertz CT molecular complexity index is 1220. The van der Waals surface area contributed by atoms with Crippen molar-refractivity contribution in [2.45, 2.75) is 26.8 Å². The molecule has 1 atom stereocenters. The summed E-state index contributed by atoms with van der Waals surface area (Å²) in [6, 6.07) is 22.0. The van der Waals surface area contributed by atoms with Gasteiger partial charge in [0.25, 0.3) is 5.91 Å². The maximum absolute atomic E-state index is 13.0. The van der Waals surface area contributed by atoms with Crippen LogP contribution in [0, 0.1) is 12.8 Å². The van der Waals surface area contributed by atoms with Gasteiger partial charge in [0.2, 0.25) is 11.8 Å². The first kappa shape index (κ1) is 24.0. The van der Waals surface area contributed by atoms with Gasteiger partial charge in [-0.25, -0.2) is 0 Å². The Labute approximate surface area is 205 Å². The molecule has 0 radical (unpaired) electrons. The summed E-state index contributed by atoms with van der Waals surface area (Å²) in [5.74, 6) is -0.459. The summed E-state index contributed by atoms with van der Waals surface area (Å²) in [6.45, 7) is 5.14. The highest BCUT2D eigenvalue weighted by molar-refractivity contribution is 6.07. The Balaban J connectivity index is 1.40. The Morgan fingerprint density at radius 3 is 2.46 bits per heavy atom. The van der Waals surface area contributed by atoms with Gasteiger partial charge in [-0.15, -0.1) is 0 Å². The highest BCUT2D eigenvalue weighted by atomic mass is 16.5. The molecule has 3 aromatic carbocycles. The van der Waals surface area contributed by atoms with E-state index in [1.54, 1.807) is 29.2 Å². The normalized spacial score (nSPS) is 15.1. The first-order chi connectivity index (χ1) is 17.0. The van der Waals surface area contributed by atoms with Crippen molar-refractivity contribution >= 4 is 29.1 Å². The summed E-state index contributed by atoms with van der Waals surface area (Å²) in [4.78, 5) is 40.2. The number of rotatable bonds is 8. The molecule has 3 aromatic rings. The summed E-state index contributed by atoms with van der Waals surface area (Å²) >= 11 is 0. The number of ether oxygens (including phenoxy) is 1. The minimum Gasteiger partial charge on any atom is -0.494 e. The van der Waals surface area contributed by atoms with Crippen molar-refractivity contribution in [3.05, 3.63) is 89.5 Å². The predicted molar refractivity (Wildman–Crippen MR) is 135 cm³/mol. The van der Waals surface area contributed by atoms with Gasteiger partial charge in [-0.2, -0.15) is 0 Å². The number of hydrogen-bond acceptors (Lipinski definition) is 4. The predicted octanol–water partition coefficient (Wildman–Crippen LogP) is 4.32. The lowest BCUT2D eigenvalue weighted by molar-refractivity contribution is -0.122. The van der Waals surface area contributed by atoms with Crippen LogP contribution in [-0.4, -0.2) is 30.9 Å².